The highest BCUT2D eigenvalue weighted by atomic mass is 35.5. The van der Waals surface area contributed by atoms with Crippen LogP contribution in [-0.4, -0.2) is 56.6 Å². The molecule has 3 aromatic rings. The number of thioether (sulfide) groups is 1. The standard InChI is InChI=1S/C17H16ClF3N6OS.3H2/c1-29-7-12(16(28)25-8-17(19,20)21)26-13-2-3-22-15(27-13)11-6-24-14-10(11)4-9(18)5-23-14;;;/h2-6,12H,7-8H2,1H3,(H,23,24)(H,25,28)(H,22,26,27);3*1H/t12-;;;/m0.../s1. The average molecular weight is 451 g/mol. The van der Waals surface area contributed by atoms with Gasteiger partial charge in [-0.1, -0.05) is 11.6 Å². The minimum Gasteiger partial charge on any atom is -0.358 e. The van der Waals surface area contributed by atoms with E-state index in [-0.39, 0.29) is 10.0 Å². The molecular formula is C17H22ClF3N6OS. The first kappa shape index (κ1) is 21.2. The monoisotopic (exact) mass is 450 g/mol. The quantitative estimate of drug-likeness (QED) is 0.498. The van der Waals surface area contributed by atoms with Gasteiger partial charge in [0.25, 0.3) is 0 Å². The van der Waals surface area contributed by atoms with Gasteiger partial charge in [0.05, 0.1) is 5.02 Å². The molecule has 0 saturated carbocycles. The SMILES string of the molecule is CSC[C@H](Nc1ccnc(-c2c[nH]c3ncc(Cl)cc23)n1)C(=O)NCC(F)(F)F.[HH].[HH].[HH]. The van der Waals surface area contributed by atoms with Gasteiger partial charge < -0.3 is 15.6 Å². The van der Waals surface area contributed by atoms with Crippen LogP contribution in [0.2, 0.25) is 5.02 Å². The Morgan fingerprint density at radius 1 is 1.41 bits per heavy atom. The lowest BCUT2D eigenvalue weighted by molar-refractivity contribution is -0.138. The van der Waals surface area contributed by atoms with Crippen LogP contribution in [0.3, 0.4) is 0 Å². The predicted octanol–water partition coefficient (Wildman–Crippen LogP) is 4.23. The van der Waals surface area contributed by atoms with Gasteiger partial charge in [-0.2, -0.15) is 24.9 Å². The normalized spacial score (nSPS) is 12.7. The summed E-state index contributed by atoms with van der Waals surface area (Å²) in [6.45, 7) is -1.39. The number of halogens is 4. The number of alkyl halides is 3. The molecule has 0 bridgehead atoms. The molecule has 3 heterocycles. The summed E-state index contributed by atoms with van der Waals surface area (Å²) in [4.78, 5) is 27.9. The molecule has 0 saturated heterocycles. The minimum absolute atomic E-state index is 0. The van der Waals surface area contributed by atoms with E-state index in [1.807, 2.05) is 5.32 Å². The Morgan fingerprint density at radius 2 is 2.21 bits per heavy atom. The number of carbonyl (C=O) groups is 1. The van der Waals surface area contributed by atoms with Gasteiger partial charge in [0.15, 0.2) is 5.82 Å². The summed E-state index contributed by atoms with van der Waals surface area (Å²) in [6.07, 6.45) is 1.95. The van der Waals surface area contributed by atoms with Crippen LogP contribution in [0.15, 0.2) is 30.7 Å². The first-order valence-electron chi connectivity index (χ1n) is 8.33. The summed E-state index contributed by atoms with van der Waals surface area (Å²) in [6, 6.07) is 2.36. The smallest absolute Gasteiger partial charge is 0.358 e. The van der Waals surface area contributed by atoms with Gasteiger partial charge in [-0.3, -0.25) is 4.79 Å². The fourth-order valence-corrected chi connectivity index (χ4v) is 3.30. The number of hydrogen-bond acceptors (Lipinski definition) is 6. The summed E-state index contributed by atoms with van der Waals surface area (Å²) in [5, 5.41) is 5.94. The van der Waals surface area contributed by atoms with E-state index >= 15 is 0 Å². The second kappa shape index (κ2) is 8.87. The van der Waals surface area contributed by atoms with E-state index in [1.165, 1.54) is 30.2 Å². The molecule has 12 heteroatoms. The van der Waals surface area contributed by atoms with Crippen molar-refractivity contribution in [2.75, 3.05) is 23.9 Å². The minimum atomic E-state index is -4.48. The van der Waals surface area contributed by atoms with E-state index in [0.29, 0.717) is 27.9 Å². The van der Waals surface area contributed by atoms with E-state index < -0.39 is 24.7 Å². The van der Waals surface area contributed by atoms with Crippen molar-refractivity contribution in [1.82, 2.24) is 25.3 Å². The molecule has 0 spiro atoms. The molecule has 0 radical (unpaired) electrons. The van der Waals surface area contributed by atoms with Gasteiger partial charge in [-0.15, -0.1) is 0 Å². The van der Waals surface area contributed by atoms with Crippen molar-refractivity contribution in [2.24, 2.45) is 0 Å². The Kier molecular flexibility index (Phi) is 6.48. The predicted molar refractivity (Wildman–Crippen MR) is 113 cm³/mol. The highest BCUT2D eigenvalue weighted by molar-refractivity contribution is 7.98. The van der Waals surface area contributed by atoms with Gasteiger partial charge in [-0.25, -0.2) is 15.0 Å². The number of carbonyl (C=O) groups excluding carboxylic acids is 1. The van der Waals surface area contributed by atoms with Crippen molar-refractivity contribution in [3.63, 3.8) is 0 Å². The molecule has 0 aliphatic rings. The maximum atomic E-state index is 12.4. The third-order valence-electron chi connectivity index (χ3n) is 3.83. The average Bonchev–Trinajstić information content (AvgIpc) is 3.08. The number of aromatic amines is 1. The zero-order chi connectivity index (χ0) is 21.0. The Labute approximate surface area is 177 Å². The summed E-state index contributed by atoms with van der Waals surface area (Å²) < 4.78 is 37.1. The first-order valence-corrected chi connectivity index (χ1v) is 10.1. The first-order chi connectivity index (χ1) is 13.8. The van der Waals surface area contributed by atoms with Crippen LogP contribution in [0.25, 0.3) is 22.4 Å². The summed E-state index contributed by atoms with van der Waals surface area (Å²) in [5.41, 5.74) is 1.26. The van der Waals surface area contributed by atoms with Crippen LogP contribution in [0.5, 0.6) is 0 Å². The van der Waals surface area contributed by atoms with E-state index in [0.717, 1.165) is 5.39 Å². The number of amides is 1. The van der Waals surface area contributed by atoms with Crippen LogP contribution < -0.4 is 10.6 Å². The van der Waals surface area contributed by atoms with Gasteiger partial charge in [0, 0.05) is 39.6 Å². The van der Waals surface area contributed by atoms with Crippen LogP contribution in [-0.2, 0) is 4.79 Å². The highest BCUT2D eigenvalue weighted by Crippen LogP contribution is 2.27. The lowest BCUT2D eigenvalue weighted by Crippen LogP contribution is -2.44. The molecule has 0 unspecified atom stereocenters. The molecule has 3 aromatic heterocycles. The van der Waals surface area contributed by atoms with Crippen molar-refractivity contribution in [2.45, 2.75) is 12.2 Å². The van der Waals surface area contributed by atoms with Crippen LogP contribution in [0.1, 0.15) is 4.28 Å². The molecule has 1 amide bonds. The third kappa shape index (κ3) is 5.51. The molecule has 3 rings (SSSR count). The number of rotatable bonds is 7. The van der Waals surface area contributed by atoms with Crippen molar-refractivity contribution < 1.29 is 22.2 Å². The second-order valence-corrected chi connectivity index (χ2v) is 7.35. The highest BCUT2D eigenvalue weighted by Gasteiger charge is 2.29. The van der Waals surface area contributed by atoms with E-state index in [1.54, 1.807) is 18.5 Å². The summed E-state index contributed by atoms with van der Waals surface area (Å²) in [7, 11) is 0. The number of pyridine rings is 1. The van der Waals surface area contributed by atoms with Crippen molar-refractivity contribution >= 4 is 46.1 Å². The van der Waals surface area contributed by atoms with Gasteiger partial charge >= 0.3 is 6.18 Å². The van der Waals surface area contributed by atoms with Crippen molar-refractivity contribution in [1.29, 1.82) is 0 Å². The molecular weight excluding hydrogens is 429 g/mol. The molecule has 29 heavy (non-hydrogen) atoms. The Hall–Kier alpha value is -2.53. The van der Waals surface area contributed by atoms with Crippen LogP contribution in [0.4, 0.5) is 19.0 Å². The van der Waals surface area contributed by atoms with Crippen LogP contribution >= 0.6 is 23.4 Å². The van der Waals surface area contributed by atoms with E-state index in [9.17, 15) is 18.0 Å². The fraction of sp³-hybridized carbons (Fsp3) is 0.294. The maximum absolute atomic E-state index is 12.4. The zero-order valence-corrected chi connectivity index (χ0v) is 16.6. The Balaban J connectivity index is 0.00000320. The van der Waals surface area contributed by atoms with E-state index in [2.05, 4.69) is 25.3 Å². The summed E-state index contributed by atoms with van der Waals surface area (Å²) in [5.74, 6) is 0.153. The molecule has 160 valence electrons. The molecule has 3 N–H and O–H groups in total. The lowest BCUT2D eigenvalue weighted by Gasteiger charge is -2.19. The second-order valence-electron chi connectivity index (χ2n) is 6.00. The molecule has 1 atom stereocenters. The number of nitrogens with zero attached hydrogens (tertiary/aromatic N) is 3. The number of nitrogens with one attached hydrogen (secondary N) is 3. The fourth-order valence-electron chi connectivity index (χ4n) is 2.57. The van der Waals surface area contributed by atoms with Crippen LogP contribution in [0, 0.1) is 0 Å². The lowest BCUT2D eigenvalue weighted by atomic mass is 10.2. The number of anilines is 1. The topological polar surface area (TPSA) is 95.6 Å². The summed E-state index contributed by atoms with van der Waals surface area (Å²) >= 11 is 7.33. The van der Waals surface area contributed by atoms with Gasteiger partial charge in [-0.05, 0) is 18.4 Å². The maximum Gasteiger partial charge on any atom is 0.405 e. The number of hydrogen-bond donors (Lipinski definition) is 3. The number of fused-ring (bicyclic) bond motifs is 1. The van der Waals surface area contributed by atoms with Gasteiger partial charge in [0.1, 0.15) is 24.1 Å². The van der Waals surface area contributed by atoms with Crippen molar-refractivity contribution in [3.8, 4) is 11.4 Å². The third-order valence-corrected chi connectivity index (χ3v) is 4.70. The molecule has 0 aliphatic heterocycles. The molecule has 7 nitrogen and oxygen atoms in total. The number of aromatic nitrogens is 4. The molecule has 0 aromatic carbocycles. The number of H-pyrrole nitrogens is 1. The van der Waals surface area contributed by atoms with Crippen molar-refractivity contribution in [3.05, 3.63) is 35.7 Å². The zero-order valence-electron chi connectivity index (χ0n) is 15.0. The van der Waals surface area contributed by atoms with Gasteiger partial charge in [0.2, 0.25) is 5.91 Å². The largest absolute Gasteiger partial charge is 0.405 e. The Bertz CT molecular complexity index is 1030. The molecule has 0 aliphatic carbocycles. The van der Waals surface area contributed by atoms with E-state index in [4.69, 9.17) is 11.6 Å². The Morgan fingerprint density at radius 3 is 2.93 bits per heavy atom. The molecule has 0 fully saturated rings.